The molecule has 0 fully saturated rings. The number of benzene rings is 3. The molecule has 0 aliphatic heterocycles. The van der Waals surface area contributed by atoms with E-state index in [2.05, 4.69) is 59.6 Å². The number of nitrogens with zero attached hydrogens (tertiary/aromatic N) is 1. The second-order valence-corrected chi connectivity index (χ2v) is 7.53. The molecule has 26 heavy (non-hydrogen) atoms. The number of pyridine rings is 1. The number of para-hydroxylation sites is 1. The van der Waals surface area contributed by atoms with E-state index in [0.29, 0.717) is 0 Å². The lowest BCUT2D eigenvalue weighted by Gasteiger charge is -2.00. The molecule has 0 N–H and O–H groups in total. The average molecular weight is 351 g/mol. The lowest BCUT2D eigenvalue weighted by molar-refractivity contribution is 0.670. The van der Waals surface area contributed by atoms with E-state index in [1.165, 1.54) is 20.2 Å². The van der Waals surface area contributed by atoms with Crippen molar-refractivity contribution in [2.75, 3.05) is 0 Å². The molecule has 2 nitrogen and oxygen atoms in total. The van der Waals surface area contributed by atoms with Crippen molar-refractivity contribution in [3.8, 4) is 11.3 Å². The van der Waals surface area contributed by atoms with Crippen LogP contribution in [-0.4, -0.2) is 4.98 Å². The Morgan fingerprint density at radius 2 is 1.58 bits per heavy atom. The molecule has 3 aromatic carbocycles. The molecule has 6 aromatic rings. The van der Waals surface area contributed by atoms with Gasteiger partial charge in [-0.15, -0.1) is 11.3 Å². The van der Waals surface area contributed by atoms with Crippen molar-refractivity contribution in [1.29, 1.82) is 0 Å². The van der Waals surface area contributed by atoms with Crippen LogP contribution in [-0.2, 0) is 0 Å². The summed E-state index contributed by atoms with van der Waals surface area (Å²) in [5.74, 6) is 0. The lowest BCUT2D eigenvalue weighted by atomic mass is 10.1. The van der Waals surface area contributed by atoms with Gasteiger partial charge in [-0.25, -0.2) is 0 Å². The summed E-state index contributed by atoms with van der Waals surface area (Å²) in [6.45, 7) is 0. The van der Waals surface area contributed by atoms with Gasteiger partial charge in [0.2, 0.25) is 0 Å². The molecule has 0 bridgehead atoms. The molecule has 0 saturated carbocycles. The molecular formula is C23H13NOS. The highest BCUT2D eigenvalue weighted by atomic mass is 32.1. The van der Waals surface area contributed by atoms with Crippen LogP contribution in [0.25, 0.3) is 53.4 Å². The van der Waals surface area contributed by atoms with Gasteiger partial charge in [-0.2, -0.15) is 0 Å². The summed E-state index contributed by atoms with van der Waals surface area (Å²) in [6, 6.07) is 25.2. The van der Waals surface area contributed by atoms with Crippen LogP contribution in [0.4, 0.5) is 0 Å². The molecule has 6 rings (SSSR count). The van der Waals surface area contributed by atoms with Gasteiger partial charge in [0.05, 0.1) is 5.69 Å². The van der Waals surface area contributed by atoms with Gasteiger partial charge >= 0.3 is 0 Å². The summed E-state index contributed by atoms with van der Waals surface area (Å²) < 4.78 is 8.94. The van der Waals surface area contributed by atoms with Crippen LogP contribution in [0.3, 0.4) is 0 Å². The van der Waals surface area contributed by atoms with Crippen molar-refractivity contribution >= 4 is 53.4 Å². The number of hydrogen-bond donors (Lipinski definition) is 0. The van der Waals surface area contributed by atoms with E-state index in [4.69, 9.17) is 4.42 Å². The smallest absolute Gasteiger partial charge is 0.144 e. The van der Waals surface area contributed by atoms with E-state index < -0.39 is 0 Å². The highest BCUT2D eigenvalue weighted by Gasteiger charge is 2.15. The molecule has 0 radical (unpaired) electrons. The summed E-state index contributed by atoms with van der Waals surface area (Å²) in [4.78, 5) is 4.50. The quantitative estimate of drug-likeness (QED) is 0.318. The molecule has 0 saturated heterocycles. The maximum Gasteiger partial charge on any atom is 0.144 e. The second kappa shape index (κ2) is 5.16. The number of hydrogen-bond acceptors (Lipinski definition) is 3. The Bertz CT molecular complexity index is 1430. The number of thiophene rings is 1. The van der Waals surface area contributed by atoms with Gasteiger partial charge < -0.3 is 4.42 Å². The Balaban J connectivity index is 1.73. The first kappa shape index (κ1) is 14.0. The van der Waals surface area contributed by atoms with Crippen molar-refractivity contribution in [2.24, 2.45) is 0 Å². The minimum absolute atomic E-state index is 0.906. The molecule has 3 heteroatoms. The number of fused-ring (bicyclic) bond motifs is 6. The van der Waals surface area contributed by atoms with Crippen molar-refractivity contribution < 1.29 is 4.42 Å². The first-order valence-electron chi connectivity index (χ1n) is 8.56. The minimum atomic E-state index is 0.906. The first-order valence-corrected chi connectivity index (χ1v) is 9.38. The maximum absolute atomic E-state index is 6.33. The monoisotopic (exact) mass is 351 g/mol. The zero-order valence-corrected chi connectivity index (χ0v) is 14.6. The number of furan rings is 1. The Morgan fingerprint density at radius 3 is 2.50 bits per heavy atom. The topological polar surface area (TPSA) is 26.0 Å². The number of rotatable bonds is 1. The fourth-order valence-corrected chi connectivity index (χ4v) is 4.87. The number of aromatic nitrogens is 1. The van der Waals surface area contributed by atoms with Crippen LogP contribution in [0, 0.1) is 0 Å². The predicted octanol–water partition coefficient (Wildman–Crippen LogP) is 7.02. The van der Waals surface area contributed by atoms with Gasteiger partial charge in [0.15, 0.2) is 0 Å². The Hall–Kier alpha value is -3.17. The standard InChI is InChI=1S/C23H13NOS/c1-2-10-21-14(6-1)18-12-20-17(13-22(18)26-21)15-7-5-8-16(23(15)25-20)19-9-3-4-11-24-19/h1-13H. The predicted molar refractivity (Wildman–Crippen MR) is 110 cm³/mol. The largest absolute Gasteiger partial charge is 0.455 e. The van der Waals surface area contributed by atoms with E-state index in [1.807, 2.05) is 35.7 Å². The molecule has 0 spiro atoms. The van der Waals surface area contributed by atoms with Crippen LogP contribution in [0.1, 0.15) is 0 Å². The fourth-order valence-electron chi connectivity index (χ4n) is 3.74. The third-order valence-corrected chi connectivity index (χ3v) is 6.07. The fraction of sp³-hybridized carbons (Fsp3) is 0. The second-order valence-electron chi connectivity index (χ2n) is 6.44. The van der Waals surface area contributed by atoms with E-state index in [9.17, 15) is 0 Å². The van der Waals surface area contributed by atoms with Gasteiger partial charge in [0, 0.05) is 42.7 Å². The first-order chi connectivity index (χ1) is 12.9. The van der Waals surface area contributed by atoms with Gasteiger partial charge in [0.25, 0.3) is 0 Å². The van der Waals surface area contributed by atoms with Crippen LogP contribution in [0.5, 0.6) is 0 Å². The van der Waals surface area contributed by atoms with Gasteiger partial charge in [-0.1, -0.05) is 36.4 Å². The third kappa shape index (κ3) is 1.89. The molecule has 3 aromatic heterocycles. The average Bonchev–Trinajstić information content (AvgIpc) is 3.24. The van der Waals surface area contributed by atoms with Crippen molar-refractivity contribution in [1.82, 2.24) is 4.98 Å². The van der Waals surface area contributed by atoms with E-state index >= 15 is 0 Å². The summed E-state index contributed by atoms with van der Waals surface area (Å²) in [6.07, 6.45) is 1.82. The van der Waals surface area contributed by atoms with Crippen LogP contribution < -0.4 is 0 Å². The maximum atomic E-state index is 6.33. The van der Waals surface area contributed by atoms with Crippen molar-refractivity contribution in [2.45, 2.75) is 0 Å². The Labute approximate surface area is 153 Å². The molecule has 3 heterocycles. The highest BCUT2D eigenvalue weighted by Crippen LogP contribution is 2.41. The van der Waals surface area contributed by atoms with Crippen molar-refractivity contribution in [3.63, 3.8) is 0 Å². The normalized spacial score (nSPS) is 11.8. The van der Waals surface area contributed by atoms with E-state index in [1.54, 1.807) is 0 Å². The third-order valence-electron chi connectivity index (χ3n) is 4.94. The van der Waals surface area contributed by atoms with Crippen LogP contribution in [0.2, 0.25) is 0 Å². The summed E-state index contributed by atoms with van der Waals surface area (Å²) in [7, 11) is 0. The van der Waals surface area contributed by atoms with Gasteiger partial charge in [-0.3, -0.25) is 4.98 Å². The Morgan fingerprint density at radius 1 is 0.692 bits per heavy atom. The summed E-state index contributed by atoms with van der Waals surface area (Å²) in [5, 5.41) is 4.86. The van der Waals surface area contributed by atoms with E-state index in [-0.39, 0.29) is 0 Å². The molecule has 0 aliphatic rings. The molecule has 0 amide bonds. The zero-order valence-electron chi connectivity index (χ0n) is 13.8. The van der Waals surface area contributed by atoms with Crippen molar-refractivity contribution in [3.05, 3.63) is 79.0 Å². The molecule has 0 unspecified atom stereocenters. The summed E-state index contributed by atoms with van der Waals surface area (Å²) in [5.41, 5.74) is 3.81. The molecule has 0 aliphatic carbocycles. The highest BCUT2D eigenvalue weighted by molar-refractivity contribution is 7.25. The molecular weight excluding hydrogens is 338 g/mol. The molecule has 0 atom stereocenters. The van der Waals surface area contributed by atoms with Gasteiger partial charge in [-0.05, 0) is 36.4 Å². The Kier molecular flexibility index (Phi) is 2.79. The van der Waals surface area contributed by atoms with Crippen LogP contribution >= 0.6 is 11.3 Å². The summed E-state index contributed by atoms with van der Waals surface area (Å²) >= 11 is 1.84. The zero-order chi connectivity index (χ0) is 17.1. The van der Waals surface area contributed by atoms with Gasteiger partial charge in [0.1, 0.15) is 11.2 Å². The molecule has 122 valence electrons. The lowest BCUT2D eigenvalue weighted by Crippen LogP contribution is -1.81. The minimum Gasteiger partial charge on any atom is -0.455 e. The SMILES string of the molecule is c1ccc(-c2cccc3c2oc2cc4c(cc23)sc2ccccc24)nc1. The van der Waals surface area contributed by atoms with Crippen LogP contribution in [0.15, 0.2) is 83.4 Å². The van der Waals surface area contributed by atoms with E-state index in [0.717, 1.165) is 33.2 Å².